The first-order valence-corrected chi connectivity index (χ1v) is 10.5. The summed E-state index contributed by atoms with van der Waals surface area (Å²) < 4.78 is 5.44. The van der Waals surface area contributed by atoms with E-state index in [1.807, 2.05) is 42.5 Å². The van der Waals surface area contributed by atoms with Crippen molar-refractivity contribution in [1.29, 1.82) is 0 Å². The van der Waals surface area contributed by atoms with Gasteiger partial charge in [0.2, 0.25) is 0 Å². The lowest BCUT2D eigenvalue weighted by Crippen LogP contribution is -2.44. The highest BCUT2D eigenvalue weighted by atomic mass is 16.5. The molecule has 0 saturated carbocycles. The van der Waals surface area contributed by atoms with Crippen LogP contribution in [0.5, 0.6) is 0 Å². The fourth-order valence-corrected chi connectivity index (χ4v) is 3.14. The van der Waals surface area contributed by atoms with Crippen LogP contribution in [0.3, 0.4) is 0 Å². The van der Waals surface area contributed by atoms with E-state index in [9.17, 15) is 14.4 Å². The van der Waals surface area contributed by atoms with Crippen molar-refractivity contribution in [2.24, 2.45) is 0 Å². The smallest absolute Gasteiger partial charge is 0.328 e. The number of rotatable bonds is 9. The highest BCUT2D eigenvalue weighted by Gasteiger charge is 2.21. The molecule has 0 saturated heterocycles. The molecule has 6 nitrogen and oxygen atoms in total. The molecule has 6 heteroatoms. The van der Waals surface area contributed by atoms with Gasteiger partial charge in [-0.3, -0.25) is 9.59 Å². The van der Waals surface area contributed by atoms with Gasteiger partial charge in [-0.2, -0.15) is 0 Å². The summed E-state index contributed by atoms with van der Waals surface area (Å²) in [5.74, 6) is -1.16. The first-order valence-electron chi connectivity index (χ1n) is 10.5. The summed E-state index contributed by atoms with van der Waals surface area (Å²) in [5, 5.41) is 5.57. The summed E-state index contributed by atoms with van der Waals surface area (Å²) in [5.41, 5.74) is 2.00. The number of hydrogen-bond donors (Lipinski definition) is 2. The molecule has 3 aromatic carbocycles. The lowest BCUT2D eigenvalue weighted by Gasteiger charge is -2.21. The van der Waals surface area contributed by atoms with Gasteiger partial charge in [-0.1, -0.05) is 66.7 Å². The van der Waals surface area contributed by atoms with Gasteiger partial charge in [0.05, 0.1) is 6.04 Å². The summed E-state index contributed by atoms with van der Waals surface area (Å²) >= 11 is 0. The first kappa shape index (κ1) is 22.7. The molecule has 0 aromatic heterocycles. The highest BCUT2D eigenvalue weighted by molar-refractivity contribution is 5.96. The number of hydrogen-bond acceptors (Lipinski definition) is 4. The van der Waals surface area contributed by atoms with Crippen LogP contribution >= 0.6 is 0 Å². The highest BCUT2D eigenvalue weighted by Crippen LogP contribution is 2.07. The minimum Gasteiger partial charge on any atom is -0.462 e. The van der Waals surface area contributed by atoms with Crippen molar-refractivity contribution >= 4 is 17.8 Å². The van der Waals surface area contributed by atoms with Crippen LogP contribution in [-0.2, 0) is 16.0 Å². The lowest BCUT2D eigenvalue weighted by atomic mass is 10.1. The molecule has 2 amide bonds. The van der Waals surface area contributed by atoms with E-state index in [-0.39, 0.29) is 18.4 Å². The maximum absolute atomic E-state index is 12.6. The predicted octanol–water partition coefficient (Wildman–Crippen LogP) is 3.39. The van der Waals surface area contributed by atoms with Crippen LogP contribution < -0.4 is 10.6 Å². The van der Waals surface area contributed by atoms with Crippen molar-refractivity contribution in [3.63, 3.8) is 0 Å². The zero-order valence-corrected chi connectivity index (χ0v) is 17.9. The zero-order chi connectivity index (χ0) is 22.8. The summed E-state index contributed by atoms with van der Waals surface area (Å²) in [7, 11) is 0. The molecule has 32 heavy (non-hydrogen) atoms. The van der Waals surface area contributed by atoms with Crippen LogP contribution in [0.15, 0.2) is 91.0 Å². The number of amides is 2. The van der Waals surface area contributed by atoms with E-state index < -0.39 is 18.1 Å². The van der Waals surface area contributed by atoms with Crippen LogP contribution in [0, 0.1) is 0 Å². The van der Waals surface area contributed by atoms with Gasteiger partial charge in [0, 0.05) is 11.1 Å². The molecule has 0 aliphatic rings. The van der Waals surface area contributed by atoms with E-state index in [2.05, 4.69) is 10.6 Å². The van der Waals surface area contributed by atoms with Crippen molar-refractivity contribution in [3.05, 3.63) is 108 Å². The van der Waals surface area contributed by atoms with Crippen molar-refractivity contribution < 1.29 is 19.1 Å². The predicted molar refractivity (Wildman–Crippen MR) is 122 cm³/mol. The van der Waals surface area contributed by atoms with Gasteiger partial charge in [-0.15, -0.1) is 0 Å². The molecule has 0 radical (unpaired) electrons. The molecule has 0 fully saturated rings. The van der Waals surface area contributed by atoms with Gasteiger partial charge in [0.15, 0.2) is 0 Å². The van der Waals surface area contributed by atoms with E-state index in [0.29, 0.717) is 17.5 Å². The molecular formula is C26H26N2O4. The molecule has 0 unspecified atom stereocenters. The largest absolute Gasteiger partial charge is 0.462 e. The molecule has 0 spiro atoms. The van der Waals surface area contributed by atoms with E-state index >= 15 is 0 Å². The monoisotopic (exact) mass is 430 g/mol. The molecule has 0 heterocycles. The Kier molecular flexibility index (Phi) is 8.15. The van der Waals surface area contributed by atoms with Crippen LogP contribution in [-0.4, -0.2) is 36.5 Å². The maximum Gasteiger partial charge on any atom is 0.328 e. The molecular weight excluding hydrogens is 404 g/mol. The summed E-state index contributed by atoms with van der Waals surface area (Å²) in [6.07, 6.45) is 0.497. The molecule has 0 aliphatic carbocycles. The maximum atomic E-state index is 12.6. The number of carbonyl (C=O) groups excluding carboxylic acids is 3. The van der Waals surface area contributed by atoms with Crippen molar-refractivity contribution in [2.75, 3.05) is 6.61 Å². The second kappa shape index (κ2) is 11.5. The Morgan fingerprint density at radius 1 is 0.719 bits per heavy atom. The van der Waals surface area contributed by atoms with E-state index in [1.165, 1.54) is 0 Å². The summed E-state index contributed by atoms with van der Waals surface area (Å²) in [6, 6.07) is 25.9. The number of carbonyl (C=O) groups is 3. The normalized spacial score (nSPS) is 12.3. The average molecular weight is 431 g/mol. The Balaban J connectivity index is 1.60. The molecule has 2 atom stereocenters. The van der Waals surface area contributed by atoms with Crippen LogP contribution in [0.2, 0.25) is 0 Å². The molecule has 164 valence electrons. The number of benzene rings is 3. The third-order valence-electron chi connectivity index (χ3n) is 4.86. The second-order valence-electron chi connectivity index (χ2n) is 7.42. The number of nitrogens with one attached hydrogen (secondary N) is 2. The minimum atomic E-state index is -0.829. The Bertz CT molecular complexity index is 1020. The quantitative estimate of drug-likeness (QED) is 0.510. The SMILES string of the molecule is C[C@@H](NC(=O)c1ccccc1)C(=O)OC[C@H](Cc1ccccc1)NC(=O)c1ccccc1. The topological polar surface area (TPSA) is 84.5 Å². The molecule has 0 bridgehead atoms. The van der Waals surface area contributed by atoms with Gasteiger partial charge < -0.3 is 15.4 Å². The van der Waals surface area contributed by atoms with E-state index in [4.69, 9.17) is 4.74 Å². The third kappa shape index (κ3) is 6.80. The molecule has 2 N–H and O–H groups in total. The number of ether oxygens (including phenoxy) is 1. The van der Waals surface area contributed by atoms with Crippen LogP contribution in [0.1, 0.15) is 33.2 Å². The fraction of sp³-hybridized carbons (Fsp3) is 0.192. The third-order valence-corrected chi connectivity index (χ3v) is 4.86. The van der Waals surface area contributed by atoms with Crippen molar-refractivity contribution in [2.45, 2.75) is 25.4 Å². The Morgan fingerprint density at radius 2 is 1.19 bits per heavy atom. The standard InChI is InChI=1S/C26H26N2O4/c1-19(27-24(29)21-13-7-3-8-14-21)26(31)32-18-23(17-20-11-5-2-6-12-20)28-25(30)22-15-9-4-10-16-22/h2-16,19,23H,17-18H2,1H3,(H,27,29)(H,28,30)/t19-,23+/m1/s1. The Morgan fingerprint density at radius 3 is 1.72 bits per heavy atom. The molecule has 0 aliphatic heterocycles. The lowest BCUT2D eigenvalue weighted by molar-refractivity contribution is -0.146. The molecule has 3 rings (SSSR count). The van der Waals surface area contributed by atoms with Gasteiger partial charge >= 0.3 is 5.97 Å². The van der Waals surface area contributed by atoms with Crippen LogP contribution in [0.4, 0.5) is 0 Å². The minimum absolute atomic E-state index is 0.0160. The number of esters is 1. The van der Waals surface area contributed by atoms with Crippen molar-refractivity contribution in [1.82, 2.24) is 10.6 Å². The molecule has 3 aromatic rings. The van der Waals surface area contributed by atoms with E-state index in [1.54, 1.807) is 55.5 Å². The summed E-state index contributed by atoms with van der Waals surface area (Å²) in [6.45, 7) is 1.55. The summed E-state index contributed by atoms with van der Waals surface area (Å²) in [4.78, 5) is 37.4. The zero-order valence-electron chi connectivity index (χ0n) is 17.9. The Hall–Kier alpha value is -3.93. The van der Waals surface area contributed by atoms with Gasteiger partial charge in [0.1, 0.15) is 12.6 Å². The average Bonchev–Trinajstić information content (AvgIpc) is 2.84. The fourth-order valence-electron chi connectivity index (χ4n) is 3.14. The van der Waals surface area contributed by atoms with Gasteiger partial charge in [-0.05, 0) is 43.2 Å². The van der Waals surface area contributed by atoms with Gasteiger partial charge in [-0.25, -0.2) is 4.79 Å². The van der Waals surface area contributed by atoms with Crippen LogP contribution in [0.25, 0.3) is 0 Å². The van der Waals surface area contributed by atoms with Gasteiger partial charge in [0.25, 0.3) is 11.8 Å². The first-order chi connectivity index (χ1) is 15.5. The van der Waals surface area contributed by atoms with Crippen molar-refractivity contribution in [3.8, 4) is 0 Å². The van der Waals surface area contributed by atoms with E-state index in [0.717, 1.165) is 5.56 Å². The Labute approximate surface area is 187 Å². The second-order valence-corrected chi connectivity index (χ2v) is 7.42.